The number of hydrogen-bond acceptors (Lipinski definition) is 2. The molecule has 0 bridgehead atoms. The summed E-state index contributed by atoms with van der Waals surface area (Å²) in [5.41, 5.74) is 10.1. The maximum Gasteiger partial charge on any atom is 0.258 e. The van der Waals surface area contributed by atoms with E-state index in [1.165, 1.54) is 5.56 Å². The van der Waals surface area contributed by atoms with Gasteiger partial charge in [0.15, 0.2) is 0 Å². The molecule has 3 nitrogen and oxygen atoms in total. The van der Waals surface area contributed by atoms with Gasteiger partial charge in [0, 0.05) is 24.0 Å². The minimum Gasteiger partial charge on any atom is -0.399 e. The standard InChI is InChI=1S/C18H22N2O/c1-12(2)14-6-9-16(10-7-14)20(4)18(21)17-11-15(19)8-5-13(17)3/h5-12H,19H2,1-4H3. The first-order valence-corrected chi connectivity index (χ1v) is 7.14. The molecule has 1 amide bonds. The van der Waals surface area contributed by atoms with E-state index >= 15 is 0 Å². The summed E-state index contributed by atoms with van der Waals surface area (Å²) >= 11 is 0. The molecule has 0 aliphatic carbocycles. The zero-order valence-corrected chi connectivity index (χ0v) is 13.1. The Morgan fingerprint density at radius 3 is 2.29 bits per heavy atom. The molecule has 2 aromatic rings. The molecule has 0 aliphatic rings. The maximum absolute atomic E-state index is 12.6. The molecular formula is C18H22N2O. The summed E-state index contributed by atoms with van der Waals surface area (Å²) in [4.78, 5) is 14.3. The topological polar surface area (TPSA) is 46.3 Å². The minimum absolute atomic E-state index is 0.0444. The van der Waals surface area contributed by atoms with Crippen molar-refractivity contribution in [2.24, 2.45) is 0 Å². The molecule has 0 aliphatic heterocycles. The number of hydrogen-bond donors (Lipinski definition) is 1. The minimum atomic E-state index is -0.0444. The largest absolute Gasteiger partial charge is 0.399 e. The molecule has 3 heteroatoms. The number of nitrogens with zero attached hydrogens (tertiary/aromatic N) is 1. The van der Waals surface area contributed by atoms with Gasteiger partial charge in [-0.2, -0.15) is 0 Å². The van der Waals surface area contributed by atoms with Crippen LogP contribution in [0.15, 0.2) is 42.5 Å². The van der Waals surface area contributed by atoms with Crippen molar-refractivity contribution in [2.45, 2.75) is 26.7 Å². The molecule has 0 saturated heterocycles. The molecule has 110 valence electrons. The third kappa shape index (κ3) is 3.24. The lowest BCUT2D eigenvalue weighted by atomic mass is 10.0. The molecule has 0 heterocycles. The van der Waals surface area contributed by atoms with Gasteiger partial charge in [-0.3, -0.25) is 4.79 Å². The second kappa shape index (κ2) is 6.00. The lowest BCUT2D eigenvalue weighted by molar-refractivity contribution is 0.0992. The Bertz CT molecular complexity index is 645. The van der Waals surface area contributed by atoms with E-state index in [9.17, 15) is 4.79 Å². The summed E-state index contributed by atoms with van der Waals surface area (Å²) in [5, 5.41) is 0. The third-order valence-electron chi connectivity index (χ3n) is 3.74. The summed E-state index contributed by atoms with van der Waals surface area (Å²) in [6, 6.07) is 13.5. The van der Waals surface area contributed by atoms with E-state index in [4.69, 9.17) is 5.73 Å². The van der Waals surface area contributed by atoms with Crippen LogP contribution >= 0.6 is 0 Å². The fraction of sp³-hybridized carbons (Fsp3) is 0.278. The zero-order valence-electron chi connectivity index (χ0n) is 13.1. The Kier molecular flexibility index (Phi) is 4.32. The van der Waals surface area contributed by atoms with Crippen LogP contribution < -0.4 is 10.6 Å². The first-order valence-electron chi connectivity index (χ1n) is 7.14. The van der Waals surface area contributed by atoms with Crippen LogP contribution in [0.4, 0.5) is 11.4 Å². The number of carbonyl (C=O) groups excluding carboxylic acids is 1. The van der Waals surface area contributed by atoms with Crippen LogP contribution in [-0.4, -0.2) is 13.0 Å². The van der Waals surface area contributed by atoms with Crippen LogP contribution in [0.5, 0.6) is 0 Å². The van der Waals surface area contributed by atoms with E-state index in [0.717, 1.165) is 11.3 Å². The van der Waals surface area contributed by atoms with Crippen molar-refractivity contribution in [1.82, 2.24) is 0 Å². The quantitative estimate of drug-likeness (QED) is 0.866. The van der Waals surface area contributed by atoms with Gasteiger partial charge in [0.2, 0.25) is 0 Å². The molecule has 21 heavy (non-hydrogen) atoms. The van der Waals surface area contributed by atoms with Gasteiger partial charge in [0.05, 0.1) is 0 Å². The average Bonchev–Trinajstić information content (AvgIpc) is 2.48. The fourth-order valence-electron chi connectivity index (χ4n) is 2.25. The second-order valence-electron chi connectivity index (χ2n) is 5.68. The number of anilines is 2. The number of aryl methyl sites for hydroxylation is 1. The van der Waals surface area contributed by atoms with E-state index in [-0.39, 0.29) is 5.91 Å². The van der Waals surface area contributed by atoms with E-state index in [1.54, 1.807) is 18.0 Å². The lowest BCUT2D eigenvalue weighted by Crippen LogP contribution is -2.27. The molecule has 2 aromatic carbocycles. The number of nitrogens with two attached hydrogens (primary N) is 1. The Labute approximate surface area is 126 Å². The lowest BCUT2D eigenvalue weighted by Gasteiger charge is -2.19. The highest BCUT2D eigenvalue weighted by molar-refractivity contribution is 6.07. The molecular weight excluding hydrogens is 260 g/mol. The van der Waals surface area contributed by atoms with Gasteiger partial charge in [0.1, 0.15) is 0 Å². The van der Waals surface area contributed by atoms with Crippen molar-refractivity contribution >= 4 is 17.3 Å². The van der Waals surface area contributed by atoms with Crippen molar-refractivity contribution in [1.29, 1.82) is 0 Å². The van der Waals surface area contributed by atoms with Crippen molar-refractivity contribution in [2.75, 3.05) is 17.7 Å². The molecule has 0 saturated carbocycles. The van der Waals surface area contributed by atoms with Crippen molar-refractivity contribution in [3.8, 4) is 0 Å². The maximum atomic E-state index is 12.6. The highest BCUT2D eigenvalue weighted by Gasteiger charge is 2.16. The van der Waals surface area contributed by atoms with Gasteiger partial charge in [-0.25, -0.2) is 0 Å². The third-order valence-corrected chi connectivity index (χ3v) is 3.74. The van der Waals surface area contributed by atoms with Gasteiger partial charge in [-0.05, 0) is 48.2 Å². The SMILES string of the molecule is Cc1ccc(N)cc1C(=O)N(C)c1ccc(C(C)C)cc1. The molecule has 0 radical (unpaired) electrons. The average molecular weight is 282 g/mol. The highest BCUT2D eigenvalue weighted by atomic mass is 16.2. The van der Waals surface area contributed by atoms with E-state index in [2.05, 4.69) is 26.0 Å². The molecule has 0 aromatic heterocycles. The summed E-state index contributed by atoms with van der Waals surface area (Å²) in [6.45, 7) is 6.22. The number of amides is 1. The fourth-order valence-corrected chi connectivity index (χ4v) is 2.25. The van der Waals surface area contributed by atoms with Gasteiger partial charge >= 0.3 is 0 Å². The molecule has 2 N–H and O–H groups in total. The Morgan fingerprint density at radius 2 is 1.71 bits per heavy atom. The molecule has 0 atom stereocenters. The van der Waals surface area contributed by atoms with E-state index in [1.807, 2.05) is 31.2 Å². The van der Waals surface area contributed by atoms with Crippen LogP contribution in [0.1, 0.15) is 41.3 Å². The predicted octanol–water partition coefficient (Wildman–Crippen LogP) is 3.98. The van der Waals surface area contributed by atoms with E-state index in [0.29, 0.717) is 17.2 Å². The van der Waals surface area contributed by atoms with Gasteiger partial charge in [-0.15, -0.1) is 0 Å². The van der Waals surface area contributed by atoms with Crippen molar-refractivity contribution in [3.05, 3.63) is 59.2 Å². The van der Waals surface area contributed by atoms with Crippen LogP contribution in [0.3, 0.4) is 0 Å². The zero-order chi connectivity index (χ0) is 15.6. The van der Waals surface area contributed by atoms with E-state index < -0.39 is 0 Å². The van der Waals surface area contributed by atoms with Crippen LogP contribution in [-0.2, 0) is 0 Å². The summed E-state index contributed by atoms with van der Waals surface area (Å²) in [5.74, 6) is 0.438. The summed E-state index contributed by atoms with van der Waals surface area (Å²) in [6.07, 6.45) is 0. The smallest absolute Gasteiger partial charge is 0.258 e. The predicted molar refractivity (Wildman–Crippen MR) is 88.9 cm³/mol. The Balaban J connectivity index is 2.28. The summed E-state index contributed by atoms with van der Waals surface area (Å²) in [7, 11) is 1.79. The van der Waals surface area contributed by atoms with Crippen LogP contribution in [0, 0.1) is 6.92 Å². The van der Waals surface area contributed by atoms with Crippen molar-refractivity contribution in [3.63, 3.8) is 0 Å². The number of nitrogen functional groups attached to an aromatic ring is 1. The van der Waals surface area contributed by atoms with Crippen LogP contribution in [0.25, 0.3) is 0 Å². The molecule has 0 spiro atoms. The Morgan fingerprint density at radius 1 is 1.10 bits per heavy atom. The molecule has 0 fully saturated rings. The first kappa shape index (κ1) is 15.1. The van der Waals surface area contributed by atoms with Gasteiger partial charge < -0.3 is 10.6 Å². The van der Waals surface area contributed by atoms with Crippen LogP contribution in [0.2, 0.25) is 0 Å². The number of rotatable bonds is 3. The number of benzene rings is 2. The highest BCUT2D eigenvalue weighted by Crippen LogP contribution is 2.22. The normalized spacial score (nSPS) is 10.7. The monoisotopic (exact) mass is 282 g/mol. The molecule has 0 unspecified atom stereocenters. The Hall–Kier alpha value is -2.29. The molecule has 2 rings (SSSR count). The van der Waals surface area contributed by atoms with Gasteiger partial charge in [0.25, 0.3) is 5.91 Å². The van der Waals surface area contributed by atoms with Gasteiger partial charge in [-0.1, -0.05) is 32.0 Å². The van der Waals surface area contributed by atoms with Crippen molar-refractivity contribution < 1.29 is 4.79 Å². The summed E-state index contributed by atoms with van der Waals surface area (Å²) < 4.78 is 0. The number of carbonyl (C=O) groups is 1. The first-order chi connectivity index (χ1) is 9.90. The second-order valence-corrected chi connectivity index (χ2v) is 5.68.